The molecule has 0 amide bonds. The highest BCUT2D eigenvalue weighted by Gasteiger charge is 2.11. The molecule has 7 heteroatoms. The normalized spacial score (nSPS) is 11.2. The van der Waals surface area contributed by atoms with E-state index in [2.05, 4.69) is 32.3 Å². The fourth-order valence-electron chi connectivity index (χ4n) is 2.06. The maximum absolute atomic E-state index is 9.43. The Kier molecular flexibility index (Phi) is 5.77. The van der Waals surface area contributed by atoms with Crippen LogP contribution in [0.2, 0.25) is 10.0 Å². The van der Waals surface area contributed by atoms with E-state index in [1.54, 1.807) is 18.3 Å². The van der Waals surface area contributed by atoms with Gasteiger partial charge in [-0.15, -0.1) is 11.3 Å². The molecule has 1 aromatic heterocycles. The van der Waals surface area contributed by atoms with Gasteiger partial charge in [0.15, 0.2) is 0 Å². The highest BCUT2D eigenvalue weighted by atomic mass is 79.9. The van der Waals surface area contributed by atoms with Crippen molar-refractivity contribution in [3.63, 3.8) is 0 Å². The maximum atomic E-state index is 9.43. The van der Waals surface area contributed by atoms with Gasteiger partial charge in [0, 0.05) is 32.3 Å². The van der Waals surface area contributed by atoms with Gasteiger partial charge in [-0.1, -0.05) is 39.1 Å². The lowest BCUT2D eigenvalue weighted by molar-refractivity contribution is 1.36. The maximum Gasteiger partial charge on any atom is 0.136 e. The number of thiazole rings is 1. The van der Waals surface area contributed by atoms with E-state index in [0.29, 0.717) is 26.3 Å². The minimum atomic E-state index is 0.448. The summed E-state index contributed by atoms with van der Waals surface area (Å²) in [4.78, 5) is 4.52. The third kappa shape index (κ3) is 4.42. The molecule has 3 rings (SSSR count). The van der Waals surface area contributed by atoms with Crippen molar-refractivity contribution in [1.82, 2.24) is 4.98 Å². The molecule has 1 N–H and O–H groups in total. The van der Waals surface area contributed by atoms with Crippen LogP contribution in [0.4, 0.5) is 5.69 Å². The summed E-state index contributed by atoms with van der Waals surface area (Å²) >= 11 is 16.9. The van der Waals surface area contributed by atoms with Crippen LogP contribution in [0.15, 0.2) is 58.5 Å². The van der Waals surface area contributed by atoms with Crippen molar-refractivity contribution in [2.24, 2.45) is 0 Å². The third-order valence-electron chi connectivity index (χ3n) is 3.29. The highest BCUT2D eigenvalue weighted by molar-refractivity contribution is 9.10. The molecular formula is C18H10BrCl2N3S. The number of benzene rings is 2. The Labute approximate surface area is 167 Å². The number of nitrogens with one attached hydrogen (secondary N) is 1. The van der Waals surface area contributed by atoms with E-state index in [1.165, 1.54) is 11.3 Å². The Morgan fingerprint density at radius 2 is 1.96 bits per heavy atom. The van der Waals surface area contributed by atoms with Crippen LogP contribution in [-0.2, 0) is 0 Å². The fourth-order valence-corrected chi connectivity index (χ4v) is 3.62. The van der Waals surface area contributed by atoms with Crippen LogP contribution in [0.25, 0.3) is 16.8 Å². The first-order chi connectivity index (χ1) is 12.1. The van der Waals surface area contributed by atoms with Crippen LogP contribution >= 0.6 is 50.5 Å². The van der Waals surface area contributed by atoms with E-state index >= 15 is 0 Å². The van der Waals surface area contributed by atoms with Crippen LogP contribution in [0.1, 0.15) is 5.01 Å². The number of nitriles is 1. The number of nitrogens with zero attached hydrogens (tertiary/aromatic N) is 2. The lowest BCUT2D eigenvalue weighted by atomic mass is 10.2. The van der Waals surface area contributed by atoms with Gasteiger partial charge in [0.05, 0.1) is 10.7 Å². The van der Waals surface area contributed by atoms with Gasteiger partial charge in [-0.25, -0.2) is 4.98 Å². The van der Waals surface area contributed by atoms with E-state index < -0.39 is 0 Å². The van der Waals surface area contributed by atoms with E-state index in [1.807, 2.05) is 35.7 Å². The minimum Gasteiger partial charge on any atom is -0.360 e. The second kappa shape index (κ2) is 8.03. The predicted molar refractivity (Wildman–Crippen MR) is 109 cm³/mol. The van der Waals surface area contributed by atoms with E-state index in [9.17, 15) is 5.26 Å². The van der Waals surface area contributed by atoms with Gasteiger partial charge in [-0.2, -0.15) is 5.26 Å². The molecule has 0 atom stereocenters. The molecule has 3 nitrogen and oxygen atoms in total. The molecule has 2 aromatic carbocycles. The molecule has 25 heavy (non-hydrogen) atoms. The van der Waals surface area contributed by atoms with Gasteiger partial charge in [-0.05, 0) is 42.5 Å². The fraction of sp³-hybridized carbons (Fsp3) is 0. The van der Waals surface area contributed by atoms with Crippen LogP contribution < -0.4 is 5.32 Å². The van der Waals surface area contributed by atoms with Crippen molar-refractivity contribution in [1.29, 1.82) is 5.26 Å². The van der Waals surface area contributed by atoms with E-state index in [0.717, 1.165) is 15.7 Å². The van der Waals surface area contributed by atoms with E-state index in [-0.39, 0.29) is 0 Å². The Morgan fingerprint density at radius 3 is 2.64 bits per heavy atom. The summed E-state index contributed by atoms with van der Waals surface area (Å²) in [5.41, 5.74) is 2.83. The average molecular weight is 451 g/mol. The molecule has 0 aliphatic carbocycles. The molecule has 0 radical (unpaired) electrons. The second-order valence-electron chi connectivity index (χ2n) is 4.98. The summed E-state index contributed by atoms with van der Waals surface area (Å²) in [6.45, 7) is 0. The van der Waals surface area contributed by atoms with Crippen LogP contribution in [0.3, 0.4) is 0 Å². The predicted octanol–water partition coefficient (Wildman–Crippen LogP) is 6.86. The first kappa shape index (κ1) is 18.0. The molecule has 0 fully saturated rings. The van der Waals surface area contributed by atoms with Gasteiger partial charge in [0.1, 0.15) is 16.6 Å². The van der Waals surface area contributed by atoms with E-state index in [4.69, 9.17) is 23.2 Å². The number of halogens is 3. The Balaban J connectivity index is 1.85. The molecule has 124 valence electrons. The second-order valence-corrected chi connectivity index (χ2v) is 7.60. The zero-order valence-electron chi connectivity index (χ0n) is 12.6. The van der Waals surface area contributed by atoms with Crippen molar-refractivity contribution in [3.8, 4) is 17.3 Å². The van der Waals surface area contributed by atoms with Gasteiger partial charge >= 0.3 is 0 Å². The Bertz CT molecular complexity index is 975. The number of hydrogen-bond acceptors (Lipinski definition) is 4. The molecule has 0 unspecified atom stereocenters. The average Bonchev–Trinajstić information content (AvgIpc) is 3.06. The highest BCUT2D eigenvalue weighted by Crippen LogP contribution is 2.32. The first-order valence-corrected chi connectivity index (χ1v) is 9.53. The largest absolute Gasteiger partial charge is 0.360 e. The Hall–Kier alpha value is -1.84. The molecule has 0 aliphatic rings. The zero-order chi connectivity index (χ0) is 17.8. The summed E-state index contributed by atoms with van der Waals surface area (Å²) < 4.78 is 0.993. The summed E-state index contributed by atoms with van der Waals surface area (Å²) in [5.74, 6) is 0. The van der Waals surface area contributed by atoms with Crippen molar-refractivity contribution in [2.45, 2.75) is 0 Å². The molecule has 0 aliphatic heterocycles. The van der Waals surface area contributed by atoms with Gasteiger partial charge in [0.25, 0.3) is 0 Å². The van der Waals surface area contributed by atoms with Crippen molar-refractivity contribution < 1.29 is 0 Å². The monoisotopic (exact) mass is 449 g/mol. The lowest BCUT2D eigenvalue weighted by Crippen LogP contribution is -1.91. The van der Waals surface area contributed by atoms with Crippen LogP contribution in [-0.4, -0.2) is 4.98 Å². The summed E-state index contributed by atoms with van der Waals surface area (Å²) in [6.07, 6.45) is 1.65. The zero-order valence-corrected chi connectivity index (χ0v) is 16.5. The number of anilines is 1. The molecule has 0 spiro atoms. The van der Waals surface area contributed by atoms with Crippen molar-refractivity contribution in [3.05, 3.63) is 73.6 Å². The summed E-state index contributed by atoms with van der Waals surface area (Å²) in [7, 11) is 0. The lowest BCUT2D eigenvalue weighted by Gasteiger charge is -2.02. The number of allylic oxidation sites excluding steroid dienone is 1. The number of rotatable bonds is 4. The number of hydrogen-bond donors (Lipinski definition) is 1. The summed E-state index contributed by atoms with van der Waals surface area (Å²) in [6, 6.07) is 15.1. The van der Waals surface area contributed by atoms with Gasteiger partial charge in [0.2, 0.25) is 0 Å². The molecule has 1 heterocycles. The van der Waals surface area contributed by atoms with Crippen molar-refractivity contribution >= 4 is 61.7 Å². The summed E-state index contributed by atoms with van der Waals surface area (Å²) in [5, 5.41) is 16.1. The quantitative estimate of drug-likeness (QED) is 0.441. The molecule has 0 bridgehead atoms. The molecule has 0 saturated carbocycles. The topological polar surface area (TPSA) is 48.7 Å². The smallest absolute Gasteiger partial charge is 0.136 e. The van der Waals surface area contributed by atoms with Gasteiger partial charge < -0.3 is 5.32 Å². The molecular weight excluding hydrogens is 441 g/mol. The third-order valence-corrected chi connectivity index (χ3v) is 5.24. The molecule has 3 aromatic rings. The molecule has 0 saturated heterocycles. The van der Waals surface area contributed by atoms with Crippen molar-refractivity contribution in [2.75, 3.05) is 5.32 Å². The Morgan fingerprint density at radius 1 is 1.20 bits per heavy atom. The SMILES string of the molecule is N#C/C(=C/Nc1ccc(Br)cc1)c1nc(-c2ccc(Cl)cc2Cl)cs1. The number of aromatic nitrogens is 1. The standard InChI is InChI=1S/C18H10BrCl2N3S/c19-12-1-4-14(5-2-12)23-9-11(8-22)18-24-17(10-25-18)15-6-3-13(20)7-16(15)21/h1-7,9-10,23H/b11-9-. The van der Waals surface area contributed by atoms with Crippen LogP contribution in [0, 0.1) is 11.3 Å². The van der Waals surface area contributed by atoms with Crippen LogP contribution in [0.5, 0.6) is 0 Å². The first-order valence-electron chi connectivity index (χ1n) is 7.10. The minimum absolute atomic E-state index is 0.448. The van der Waals surface area contributed by atoms with Gasteiger partial charge in [-0.3, -0.25) is 0 Å².